The van der Waals surface area contributed by atoms with Crippen LogP contribution in [-0.4, -0.2) is 21.6 Å². The molecule has 0 saturated heterocycles. The summed E-state index contributed by atoms with van der Waals surface area (Å²) in [5, 5.41) is 14.6. The standard InChI is InChI=1S/C20H23N3O/c1-13(2)8-9-21-20-22-12-15-10-17(19(24)11-18(15)23-20)16-7-5-4-6-14(16)3/h4-7,10-13,24H,8-9H2,1-3H3,(H,21,22,23). The van der Waals surface area contributed by atoms with E-state index >= 15 is 0 Å². The predicted molar refractivity (Wildman–Crippen MR) is 99.3 cm³/mol. The quantitative estimate of drug-likeness (QED) is 0.711. The highest BCUT2D eigenvalue weighted by molar-refractivity contribution is 5.88. The molecule has 0 amide bonds. The Morgan fingerprint density at radius 1 is 1.12 bits per heavy atom. The highest BCUT2D eigenvalue weighted by atomic mass is 16.3. The number of phenols is 1. The molecule has 0 aliphatic rings. The van der Waals surface area contributed by atoms with Gasteiger partial charge in [-0.15, -0.1) is 0 Å². The number of hydrogen-bond donors (Lipinski definition) is 2. The first-order chi connectivity index (χ1) is 11.5. The molecule has 0 aliphatic heterocycles. The summed E-state index contributed by atoms with van der Waals surface area (Å²) >= 11 is 0. The van der Waals surface area contributed by atoms with Crippen LogP contribution in [0.15, 0.2) is 42.6 Å². The summed E-state index contributed by atoms with van der Waals surface area (Å²) in [6.45, 7) is 7.26. The molecule has 4 nitrogen and oxygen atoms in total. The van der Waals surface area contributed by atoms with Crippen molar-refractivity contribution in [2.45, 2.75) is 27.2 Å². The third kappa shape index (κ3) is 3.48. The normalized spacial score (nSPS) is 11.2. The summed E-state index contributed by atoms with van der Waals surface area (Å²) in [5.41, 5.74) is 3.70. The van der Waals surface area contributed by atoms with Crippen molar-refractivity contribution in [3.05, 3.63) is 48.2 Å². The van der Waals surface area contributed by atoms with Gasteiger partial charge < -0.3 is 10.4 Å². The molecule has 0 spiro atoms. The third-order valence-electron chi connectivity index (χ3n) is 4.14. The van der Waals surface area contributed by atoms with Gasteiger partial charge in [0.15, 0.2) is 0 Å². The van der Waals surface area contributed by atoms with Crippen molar-refractivity contribution in [3.63, 3.8) is 0 Å². The molecule has 3 rings (SSSR count). The van der Waals surface area contributed by atoms with Crippen LogP contribution in [0.25, 0.3) is 22.0 Å². The Labute approximate surface area is 142 Å². The third-order valence-corrected chi connectivity index (χ3v) is 4.14. The Morgan fingerprint density at radius 3 is 2.67 bits per heavy atom. The average molecular weight is 321 g/mol. The maximum Gasteiger partial charge on any atom is 0.223 e. The topological polar surface area (TPSA) is 58.0 Å². The number of benzene rings is 2. The summed E-state index contributed by atoms with van der Waals surface area (Å²) in [6, 6.07) is 11.7. The first-order valence-electron chi connectivity index (χ1n) is 8.34. The lowest BCUT2D eigenvalue weighted by atomic mass is 9.98. The molecule has 3 aromatic rings. The molecular formula is C20H23N3O. The van der Waals surface area contributed by atoms with Crippen LogP contribution in [0.4, 0.5) is 5.95 Å². The van der Waals surface area contributed by atoms with Crippen LogP contribution in [-0.2, 0) is 0 Å². The van der Waals surface area contributed by atoms with Crippen LogP contribution in [0.1, 0.15) is 25.8 Å². The second-order valence-electron chi connectivity index (χ2n) is 6.55. The van der Waals surface area contributed by atoms with Gasteiger partial charge in [-0.3, -0.25) is 0 Å². The van der Waals surface area contributed by atoms with Crippen LogP contribution < -0.4 is 5.32 Å². The lowest BCUT2D eigenvalue weighted by Crippen LogP contribution is -2.07. The fraction of sp³-hybridized carbons (Fsp3) is 0.300. The van der Waals surface area contributed by atoms with Crippen LogP contribution in [0.3, 0.4) is 0 Å². The molecule has 124 valence electrons. The molecule has 0 bridgehead atoms. The van der Waals surface area contributed by atoms with Crippen molar-refractivity contribution in [1.29, 1.82) is 0 Å². The highest BCUT2D eigenvalue weighted by Crippen LogP contribution is 2.34. The maximum atomic E-state index is 10.4. The largest absolute Gasteiger partial charge is 0.507 e. The lowest BCUT2D eigenvalue weighted by Gasteiger charge is -2.11. The van der Waals surface area contributed by atoms with Gasteiger partial charge in [0.2, 0.25) is 5.95 Å². The first-order valence-corrected chi connectivity index (χ1v) is 8.34. The Morgan fingerprint density at radius 2 is 1.92 bits per heavy atom. The number of nitrogens with one attached hydrogen (secondary N) is 1. The minimum atomic E-state index is 0.239. The van der Waals surface area contributed by atoms with Crippen molar-refractivity contribution in [1.82, 2.24) is 9.97 Å². The minimum Gasteiger partial charge on any atom is -0.507 e. The summed E-state index contributed by atoms with van der Waals surface area (Å²) in [5.74, 6) is 1.48. The van der Waals surface area contributed by atoms with Crippen molar-refractivity contribution < 1.29 is 5.11 Å². The summed E-state index contributed by atoms with van der Waals surface area (Å²) in [4.78, 5) is 8.89. The van der Waals surface area contributed by atoms with Gasteiger partial charge in [-0.1, -0.05) is 38.1 Å². The number of nitrogens with zero attached hydrogens (tertiary/aromatic N) is 2. The molecule has 1 heterocycles. The summed E-state index contributed by atoms with van der Waals surface area (Å²) in [7, 11) is 0. The monoisotopic (exact) mass is 321 g/mol. The van der Waals surface area contributed by atoms with E-state index in [4.69, 9.17) is 0 Å². The van der Waals surface area contributed by atoms with Gasteiger partial charge in [0.05, 0.1) is 5.52 Å². The zero-order chi connectivity index (χ0) is 17.1. The highest BCUT2D eigenvalue weighted by Gasteiger charge is 2.10. The van der Waals surface area contributed by atoms with Crippen molar-refractivity contribution in [2.24, 2.45) is 5.92 Å². The molecule has 2 aromatic carbocycles. The van der Waals surface area contributed by atoms with Crippen molar-refractivity contribution >= 4 is 16.9 Å². The van der Waals surface area contributed by atoms with E-state index in [2.05, 4.69) is 29.1 Å². The van der Waals surface area contributed by atoms with E-state index in [0.29, 0.717) is 11.9 Å². The molecule has 0 unspecified atom stereocenters. The molecule has 24 heavy (non-hydrogen) atoms. The Kier molecular flexibility index (Phi) is 4.65. The maximum absolute atomic E-state index is 10.4. The van der Waals surface area contributed by atoms with Crippen LogP contribution in [0.5, 0.6) is 5.75 Å². The van der Waals surface area contributed by atoms with Gasteiger partial charge in [-0.2, -0.15) is 0 Å². The number of hydrogen-bond acceptors (Lipinski definition) is 4. The van der Waals surface area contributed by atoms with Crippen LogP contribution >= 0.6 is 0 Å². The lowest BCUT2D eigenvalue weighted by molar-refractivity contribution is 0.478. The number of aryl methyl sites for hydroxylation is 1. The van der Waals surface area contributed by atoms with E-state index in [-0.39, 0.29) is 5.75 Å². The van der Waals surface area contributed by atoms with Gasteiger partial charge in [0.1, 0.15) is 5.75 Å². The van der Waals surface area contributed by atoms with Crippen LogP contribution in [0.2, 0.25) is 0 Å². The molecular weight excluding hydrogens is 298 g/mol. The van der Waals surface area contributed by atoms with Gasteiger partial charge in [-0.25, -0.2) is 9.97 Å². The Hall–Kier alpha value is -2.62. The van der Waals surface area contributed by atoms with Gasteiger partial charge in [0, 0.05) is 29.8 Å². The van der Waals surface area contributed by atoms with E-state index in [1.165, 1.54) is 0 Å². The first kappa shape index (κ1) is 16.2. The SMILES string of the molecule is Cc1ccccc1-c1cc2cnc(NCCC(C)C)nc2cc1O. The summed E-state index contributed by atoms with van der Waals surface area (Å²) < 4.78 is 0. The van der Waals surface area contributed by atoms with E-state index in [9.17, 15) is 5.11 Å². The Bertz CT molecular complexity index is 859. The molecule has 0 atom stereocenters. The van der Waals surface area contributed by atoms with Gasteiger partial charge in [-0.05, 0) is 36.5 Å². The van der Waals surface area contributed by atoms with Gasteiger partial charge in [0.25, 0.3) is 0 Å². The second kappa shape index (κ2) is 6.87. The molecule has 0 saturated carbocycles. The average Bonchev–Trinajstić information content (AvgIpc) is 2.54. The number of anilines is 1. The molecule has 2 N–H and O–H groups in total. The van der Waals surface area contributed by atoms with Crippen LogP contribution in [0, 0.1) is 12.8 Å². The predicted octanol–water partition coefficient (Wildman–Crippen LogP) is 4.77. The number of rotatable bonds is 5. The van der Waals surface area contributed by atoms with E-state index in [0.717, 1.165) is 40.6 Å². The fourth-order valence-electron chi connectivity index (χ4n) is 2.72. The minimum absolute atomic E-state index is 0.239. The number of phenolic OH excluding ortho intramolecular Hbond substituents is 1. The zero-order valence-electron chi connectivity index (χ0n) is 14.4. The molecule has 0 fully saturated rings. The zero-order valence-corrected chi connectivity index (χ0v) is 14.4. The molecule has 1 aromatic heterocycles. The smallest absolute Gasteiger partial charge is 0.223 e. The van der Waals surface area contributed by atoms with Crippen molar-refractivity contribution in [3.8, 4) is 16.9 Å². The number of fused-ring (bicyclic) bond motifs is 1. The Balaban J connectivity index is 1.93. The molecule has 0 radical (unpaired) electrons. The van der Waals surface area contributed by atoms with Crippen molar-refractivity contribution in [2.75, 3.05) is 11.9 Å². The number of aromatic hydroxyl groups is 1. The molecule has 4 heteroatoms. The second-order valence-corrected chi connectivity index (χ2v) is 6.55. The van der Waals surface area contributed by atoms with E-state index < -0.39 is 0 Å². The van der Waals surface area contributed by atoms with E-state index in [1.807, 2.05) is 37.3 Å². The number of aromatic nitrogens is 2. The van der Waals surface area contributed by atoms with Gasteiger partial charge >= 0.3 is 0 Å². The van der Waals surface area contributed by atoms with E-state index in [1.54, 1.807) is 12.3 Å². The molecule has 0 aliphatic carbocycles. The fourth-order valence-corrected chi connectivity index (χ4v) is 2.72. The summed E-state index contributed by atoms with van der Waals surface area (Å²) in [6.07, 6.45) is 2.88.